The fourth-order valence-electron chi connectivity index (χ4n) is 3.48. The van der Waals surface area contributed by atoms with Crippen molar-refractivity contribution in [2.24, 2.45) is 4.99 Å². The number of amides is 1. The lowest BCUT2D eigenvalue weighted by molar-refractivity contribution is -0.128. The second-order valence-electron chi connectivity index (χ2n) is 7.70. The van der Waals surface area contributed by atoms with Gasteiger partial charge in [-0.2, -0.15) is 0 Å². The van der Waals surface area contributed by atoms with Crippen LogP contribution in [0.25, 0.3) is 0 Å². The van der Waals surface area contributed by atoms with Gasteiger partial charge in [0.05, 0.1) is 13.1 Å². The molecule has 0 aliphatic carbocycles. The molecule has 1 heterocycles. The number of ether oxygens (including phenoxy) is 1. The highest BCUT2D eigenvalue weighted by molar-refractivity contribution is 5.79. The van der Waals surface area contributed by atoms with Crippen LogP contribution in [0.2, 0.25) is 0 Å². The Morgan fingerprint density at radius 3 is 2.74 bits per heavy atom. The van der Waals surface area contributed by atoms with Gasteiger partial charge in [0.1, 0.15) is 17.7 Å². The van der Waals surface area contributed by atoms with Gasteiger partial charge in [-0.05, 0) is 43.5 Å². The van der Waals surface area contributed by atoms with Crippen LogP contribution in [-0.2, 0) is 17.9 Å². The number of likely N-dealkylation sites (tertiary alicyclic amines) is 1. The average molecular weight is 427 g/mol. The molecule has 1 saturated heterocycles. The Morgan fingerprint density at radius 2 is 2.00 bits per heavy atom. The van der Waals surface area contributed by atoms with E-state index < -0.39 is 0 Å². The minimum absolute atomic E-state index is 0.160. The molecule has 31 heavy (non-hydrogen) atoms. The third-order valence-corrected chi connectivity index (χ3v) is 4.99. The Hall–Kier alpha value is -3.09. The van der Waals surface area contributed by atoms with Crippen molar-refractivity contribution in [1.29, 1.82) is 0 Å². The van der Waals surface area contributed by atoms with E-state index >= 15 is 0 Å². The van der Waals surface area contributed by atoms with Gasteiger partial charge in [0.25, 0.3) is 0 Å². The van der Waals surface area contributed by atoms with E-state index in [0.717, 1.165) is 30.6 Å². The van der Waals surface area contributed by atoms with Crippen molar-refractivity contribution >= 4 is 11.9 Å². The maximum absolute atomic E-state index is 13.3. The van der Waals surface area contributed by atoms with Crippen molar-refractivity contribution in [3.05, 3.63) is 65.5 Å². The van der Waals surface area contributed by atoms with E-state index in [-0.39, 0.29) is 17.8 Å². The van der Waals surface area contributed by atoms with Crippen LogP contribution in [0.15, 0.2) is 53.5 Å². The fourth-order valence-corrected chi connectivity index (χ4v) is 3.48. The third kappa shape index (κ3) is 7.27. The van der Waals surface area contributed by atoms with E-state index in [0.29, 0.717) is 37.8 Å². The highest BCUT2D eigenvalue weighted by atomic mass is 19.1. The Labute approximate surface area is 183 Å². The quantitative estimate of drug-likeness (QED) is 0.476. The standard InChI is InChI=1S/C24H31FN4O2/c1-3-26-24(27-15-18(2)31-22-10-5-9-21(25)14-22)28-16-19-7-4-8-20(13-19)17-29-12-6-11-23(29)30/h4-5,7-10,13-14,18H,3,6,11-12,15-17H2,1-2H3,(H2,26,27,28). The van der Waals surface area contributed by atoms with E-state index in [1.165, 1.54) is 12.1 Å². The van der Waals surface area contributed by atoms with E-state index in [9.17, 15) is 9.18 Å². The summed E-state index contributed by atoms with van der Waals surface area (Å²) in [7, 11) is 0. The first kappa shape index (κ1) is 22.6. The predicted molar refractivity (Wildman–Crippen MR) is 120 cm³/mol. The summed E-state index contributed by atoms with van der Waals surface area (Å²) in [5, 5.41) is 6.50. The molecule has 7 heteroatoms. The lowest BCUT2D eigenvalue weighted by Crippen LogP contribution is -2.41. The zero-order valence-electron chi connectivity index (χ0n) is 18.2. The molecule has 0 bridgehead atoms. The molecule has 1 atom stereocenters. The normalized spacial score (nSPS) is 15.1. The molecule has 1 fully saturated rings. The summed E-state index contributed by atoms with van der Waals surface area (Å²) in [5.41, 5.74) is 2.21. The average Bonchev–Trinajstić information content (AvgIpc) is 3.15. The maximum Gasteiger partial charge on any atom is 0.222 e. The number of carbonyl (C=O) groups is 1. The zero-order chi connectivity index (χ0) is 22.1. The van der Waals surface area contributed by atoms with E-state index in [2.05, 4.69) is 21.7 Å². The van der Waals surface area contributed by atoms with Crippen molar-refractivity contribution in [1.82, 2.24) is 15.5 Å². The predicted octanol–water partition coefficient (Wildman–Crippen LogP) is 3.47. The van der Waals surface area contributed by atoms with Gasteiger partial charge in [0.15, 0.2) is 5.96 Å². The molecule has 1 unspecified atom stereocenters. The van der Waals surface area contributed by atoms with Crippen molar-refractivity contribution in [3.63, 3.8) is 0 Å². The lowest BCUT2D eigenvalue weighted by Gasteiger charge is -2.18. The number of nitrogens with one attached hydrogen (secondary N) is 2. The van der Waals surface area contributed by atoms with E-state index in [1.54, 1.807) is 12.1 Å². The molecule has 166 valence electrons. The second kappa shape index (κ2) is 11.3. The van der Waals surface area contributed by atoms with Crippen molar-refractivity contribution in [2.45, 2.75) is 45.9 Å². The molecule has 1 aliphatic rings. The fraction of sp³-hybridized carbons (Fsp3) is 0.417. The molecule has 2 N–H and O–H groups in total. The maximum atomic E-state index is 13.3. The van der Waals surface area contributed by atoms with Crippen molar-refractivity contribution in [3.8, 4) is 5.75 Å². The summed E-state index contributed by atoms with van der Waals surface area (Å²) < 4.78 is 19.1. The van der Waals surface area contributed by atoms with Gasteiger partial charge in [0, 0.05) is 32.1 Å². The molecule has 1 aliphatic heterocycles. The van der Waals surface area contributed by atoms with Gasteiger partial charge in [-0.15, -0.1) is 0 Å². The molecule has 1 amide bonds. The topological polar surface area (TPSA) is 66.0 Å². The van der Waals surface area contributed by atoms with E-state index in [1.807, 2.05) is 36.9 Å². The third-order valence-electron chi connectivity index (χ3n) is 4.99. The Morgan fingerprint density at radius 1 is 1.19 bits per heavy atom. The number of nitrogens with zero attached hydrogens (tertiary/aromatic N) is 2. The van der Waals surface area contributed by atoms with Gasteiger partial charge >= 0.3 is 0 Å². The second-order valence-corrected chi connectivity index (χ2v) is 7.70. The minimum atomic E-state index is -0.316. The van der Waals surface area contributed by atoms with Gasteiger partial charge < -0.3 is 20.3 Å². The highest BCUT2D eigenvalue weighted by Crippen LogP contribution is 2.16. The van der Waals surface area contributed by atoms with Crippen LogP contribution >= 0.6 is 0 Å². The number of guanidine groups is 1. The summed E-state index contributed by atoms with van der Waals surface area (Å²) in [6, 6.07) is 14.3. The van der Waals surface area contributed by atoms with Gasteiger partial charge in [-0.3, -0.25) is 4.79 Å². The van der Waals surface area contributed by atoms with Gasteiger partial charge in [-0.1, -0.05) is 30.3 Å². The van der Waals surface area contributed by atoms with Crippen LogP contribution in [0.1, 0.15) is 37.8 Å². The van der Waals surface area contributed by atoms with Crippen molar-refractivity contribution in [2.75, 3.05) is 19.6 Å². The summed E-state index contributed by atoms with van der Waals surface area (Å²) in [6.45, 7) is 7.22. The zero-order valence-corrected chi connectivity index (χ0v) is 18.2. The van der Waals surface area contributed by atoms with Crippen LogP contribution in [-0.4, -0.2) is 42.5 Å². The lowest BCUT2D eigenvalue weighted by atomic mass is 10.1. The number of aliphatic imine (C=N–C) groups is 1. The molecule has 0 radical (unpaired) electrons. The first-order chi connectivity index (χ1) is 15.0. The Balaban J connectivity index is 1.54. The number of rotatable bonds is 9. The smallest absolute Gasteiger partial charge is 0.222 e. The number of halogens is 1. The van der Waals surface area contributed by atoms with Gasteiger partial charge in [0.2, 0.25) is 5.91 Å². The summed E-state index contributed by atoms with van der Waals surface area (Å²) >= 11 is 0. The first-order valence-electron chi connectivity index (χ1n) is 10.8. The molecule has 6 nitrogen and oxygen atoms in total. The summed E-state index contributed by atoms with van der Waals surface area (Å²) in [6.07, 6.45) is 1.44. The SMILES string of the molecule is CCNC(=NCc1cccc(CN2CCCC2=O)c1)NCC(C)Oc1cccc(F)c1. The molecule has 2 aromatic carbocycles. The molecule has 3 rings (SSSR count). The summed E-state index contributed by atoms with van der Waals surface area (Å²) in [4.78, 5) is 18.4. The molecular formula is C24H31FN4O2. The Bertz CT molecular complexity index is 903. The first-order valence-corrected chi connectivity index (χ1v) is 10.8. The van der Waals surface area contributed by atoms with Gasteiger partial charge in [-0.25, -0.2) is 9.38 Å². The highest BCUT2D eigenvalue weighted by Gasteiger charge is 2.19. The summed E-state index contributed by atoms with van der Waals surface area (Å²) in [5.74, 6) is 1.11. The number of hydrogen-bond acceptors (Lipinski definition) is 3. The molecule has 0 spiro atoms. The Kier molecular flexibility index (Phi) is 8.27. The van der Waals surface area contributed by atoms with Crippen LogP contribution in [0.4, 0.5) is 4.39 Å². The minimum Gasteiger partial charge on any atom is -0.489 e. The van der Waals surface area contributed by atoms with Crippen LogP contribution in [0.3, 0.4) is 0 Å². The molecular weight excluding hydrogens is 395 g/mol. The van der Waals surface area contributed by atoms with Crippen LogP contribution in [0, 0.1) is 5.82 Å². The number of benzene rings is 2. The van der Waals surface area contributed by atoms with Crippen LogP contribution in [0.5, 0.6) is 5.75 Å². The number of carbonyl (C=O) groups excluding carboxylic acids is 1. The monoisotopic (exact) mass is 426 g/mol. The van der Waals surface area contributed by atoms with Crippen LogP contribution < -0.4 is 15.4 Å². The number of hydrogen-bond donors (Lipinski definition) is 2. The van der Waals surface area contributed by atoms with E-state index in [4.69, 9.17) is 4.74 Å². The van der Waals surface area contributed by atoms with Crippen molar-refractivity contribution < 1.29 is 13.9 Å². The molecule has 0 aromatic heterocycles. The largest absolute Gasteiger partial charge is 0.489 e. The molecule has 0 saturated carbocycles. The molecule has 2 aromatic rings.